The van der Waals surface area contributed by atoms with Crippen LogP contribution in [0.15, 0.2) is 71.4 Å². The number of hydrogen-bond donors (Lipinski definition) is 3. The highest BCUT2D eigenvalue weighted by Crippen LogP contribution is 2.57. The van der Waals surface area contributed by atoms with Gasteiger partial charge in [-0.15, -0.1) is 0 Å². The Kier molecular flexibility index (Phi) is 4.95. The average molecular weight is 433 g/mol. The lowest BCUT2D eigenvalue weighted by Gasteiger charge is -2.25. The molecule has 2 aromatic heterocycles. The number of aromatic nitrogens is 1. The summed E-state index contributed by atoms with van der Waals surface area (Å²) in [7, 11) is -10.3. The lowest BCUT2D eigenvalue weighted by molar-refractivity contribution is -0.694. The van der Waals surface area contributed by atoms with E-state index in [0.29, 0.717) is 11.1 Å². The molecule has 0 saturated carbocycles. The van der Waals surface area contributed by atoms with Gasteiger partial charge >= 0.3 is 7.60 Å². The minimum Gasteiger partial charge on any atom is -0.778 e. The third kappa shape index (κ3) is 3.91. The fourth-order valence-electron chi connectivity index (χ4n) is 3.36. The van der Waals surface area contributed by atoms with Crippen LogP contribution in [0.2, 0.25) is 0 Å². The molecule has 0 bridgehead atoms. The van der Waals surface area contributed by atoms with Gasteiger partial charge in [-0.25, -0.2) is 4.57 Å². The first kappa shape index (κ1) is 20.0. The first-order chi connectivity index (χ1) is 13.6. The maximum Gasteiger partial charge on any atom is 0.343 e. The molecule has 0 saturated heterocycles. The maximum absolute atomic E-state index is 11.5. The van der Waals surface area contributed by atoms with E-state index in [0.717, 1.165) is 21.9 Å². The standard InChI is InChI=1S/C19H17NO7P2/c21-28(22,23)18(29(24,25)26)12-20-10-4-5-13(11-20)14-7-3-8-16-15-6-1-2-9-17(15)27-19(14)16/h1-11,18H,12H2,(H3-,21,22,23,24,25,26). The minimum atomic E-state index is -5.26. The third-order valence-corrected chi connectivity index (χ3v) is 8.35. The summed E-state index contributed by atoms with van der Waals surface area (Å²) in [5.74, 6) is 0. The lowest BCUT2D eigenvalue weighted by Crippen LogP contribution is -2.40. The second-order valence-corrected chi connectivity index (χ2v) is 10.7. The Bertz CT molecular complexity index is 1280. The van der Waals surface area contributed by atoms with Gasteiger partial charge in [0, 0.05) is 28.0 Å². The normalized spacial score (nSPS) is 15.4. The molecule has 4 aromatic rings. The molecule has 0 fully saturated rings. The van der Waals surface area contributed by atoms with E-state index in [2.05, 4.69) is 0 Å². The summed E-state index contributed by atoms with van der Waals surface area (Å²) < 4.78 is 30.3. The molecule has 2 atom stereocenters. The Morgan fingerprint density at radius 3 is 2.41 bits per heavy atom. The van der Waals surface area contributed by atoms with Crippen molar-refractivity contribution in [2.75, 3.05) is 0 Å². The molecule has 2 aromatic carbocycles. The Balaban J connectivity index is 1.80. The Morgan fingerprint density at radius 2 is 1.69 bits per heavy atom. The van der Waals surface area contributed by atoms with Gasteiger partial charge in [-0.1, -0.05) is 36.4 Å². The van der Waals surface area contributed by atoms with Crippen LogP contribution in [0.4, 0.5) is 0 Å². The molecule has 150 valence electrons. The van der Waals surface area contributed by atoms with Crippen molar-refractivity contribution in [3.05, 3.63) is 67.0 Å². The highest BCUT2D eigenvalue weighted by molar-refractivity contribution is 7.70. The number of furan rings is 1. The number of nitrogens with zero attached hydrogens (tertiary/aromatic N) is 1. The molecule has 0 radical (unpaired) electrons. The zero-order valence-corrected chi connectivity index (χ0v) is 16.7. The zero-order chi connectivity index (χ0) is 20.8. The van der Waals surface area contributed by atoms with Crippen LogP contribution in [0.25, 0.3) is 33.1 Å². The summed E-state index contributed by atoms with van der Waals surface area (Å²) >= 11 is 0. The average Bonchev–Trinajstić information content (AvgIpc) is 3.03. The van der Waals surface area contributed by atoms with Crippen LogP contribution in [0, 0.1) is 0 Å². The van der Waals surface area contributed by atoms with Gasteiger partial charge in [0.2, 0.25) is 0 Å². The largest absolute Gasteiger partial charge is 0.778 e. The molecule has 0 spiro atoms. The van der Waals surface area contributed by atoms with Crippen LogP contribution < -0.4 is 9.46 Å². The van der Waals surface area contributed by atoms with Crippen LogP contribution in [-0.2, 0) is 15.7 Å². The molecule has 10 heteroatoms. The van der Waals surface area contributed by atoms with Gasteiger partial charge in [0.15, 0.2) is 31.9 Å². The number of fused-ring (bicyclic) bond motifs is 3. The first-order valence-electron chi connectivity index (χ1n) is 8.63. The van der Waals surface area contributed by atoms with Crippen molar-refractivity contribution in [2.45, 2.75) is 11.9 Å². The molecule has 8 nitrogen and oxygen atoms in total. The van der Waals surface area contributed by atoms with Crippen molar-refractivity contribution < 1.29 is 37.7 Å². The van der Waals surface area contributed by atoms with Gasteiger partial charge in [0.1, 0.15) is 11.2 Å². The maximum atomic E-state index is 11.5. The van der Waals surface area contributed by atoms with Gasteiger partial charge in [-0.3, -0.25) is 4.57 Å². The van der Waals surface area contributed by atoms with Crippen molar-refractivity contribution >= 4 is 37.1 Å². The molecular weight excluding hydrogens is 416 g/mol. The molecule has 2 heterocycles. The fraction of sp³-hybridized carbons (Fsp3) is 0.105. The predicted molar refractivity (Wildman–Crippen MR) is 105 cm³/mol. The third-order valence-electron chi connectivity index (χ3n) is 4.71. The van der Waals surface area contributed by atoms with E-state index in [1.807, 2.05) is 42.5 Å². The second-order valence-electron chi connectivity index (χ2n) is 6.70. The highest BCUT2D eigenvalue weighted by Gasteiger charge is 2.40. The fourth-order valence-corrected chi connectivity index (χ4v) is 5.67. The van der Waals surface area contributed by atoms with E-state index >= 15 is 0 Å². The van der Waals surface area contributed by atoms with Crippen molar-refractivity contribution in [1.29, 1.82) is 0 Å². The Hall–Kier alpha value is -2.31. The first-order valence-corrected chi connectivity index (χ1v) is 12.0. The van der Waals surface area contributed by atoms with E-state index in [4.69, 9.17) is 4.42 Å². The van der Waals surface area contributed by atoms with E-state index < -0.39 is 27.1 Å². The van der Waals surface area contributed by atoms with Gasteiger partial charge in [0.25, 0.3) is 0 Å². The summed E-state index contributed by atoms with van der Waals surface area (Å²) in [6.45, 7) is -0.592. The van der Waals surface area contributed by atoms with E-state index in [1.54, 1.807) is 18.3 Å². The smallest absolute Gasteiger partial charge is 0.343 e. The molecule has 4 rings (SSSR count). The minimum absolute atomic E-state index is 0.592. The van der Waals surface area contributed by atoms with E-state index in [9.17, 15) is 28.7 Å². The van der Waals surface area contributed by atoms with Crippen LogP contribution in [-0.4, -0.2) is 20.1 Å². The number of benzene rings is 2. The number of pyridine rings is 1. The SMILES string of the molecule is O=P([O-])(O)C(C[n+]1cccc(-c2cccc3c2oc2ccccc23)c1)P(=O)(O)O. The molecule has 0 aliphatic carbocycles. The number of para-hydroxylation sites is 2. The van der Waals surface area contributed by atoms with Crippen LogP contribution >= 0.6 is 15.2 Å². The van der Waals surface area contributed by atoms with Gasteiger partial charge in [0.05, 0.1) is 0 Å². The topological polar surface area (TPSA) is 135 Å². The van der Waals surface area contributed by atoms with E-state index in [-0.39, 0.29) is 0 Å². The lowest BCUT2D eigenvalue weighted by atomic mass is 10.0. The van der Waals surface area contributed by atoms with Gasteiger partial charge in [-0.05, 0) is 12.1 Å². The van der Waals surface area contributed by atoms with Gasteiger partial charge in [-0.2, -0.15) is 0 Å². The molecular formula is C19H17NO7P2. The zero-order valence-electron chi connectivity index (χ0n) is 15.0. The second kappa shape index (κ2) is 7.18. The van der Waals surface area contributed by atoms with Crippen molar-refractivity contribution in [2.24, 2.45) is 0 Å². The highest BCUT2D eigenvalue weighted by atomic mass is 31.2. The molecule has 0 amide bonds. The Morgan fingerprint density at radius 1 is 0.966 bits per heavy atom. The van der Waals surface area contributed by atoms with Crippen LogP contribution in [0.1, 0.15) is 0 Å². The summed E-state index contributed by atoms with van der Waals surface area (Å²) in [6.07, 6.45) is 3.03. The molecule has 3 N–H and O–H groups in total. The monoisotopic (exact) mass is 433 g/mol. The number of rotatable bonds is 5. The molecule has 0 aliphatic rings. The molecule has 2 unspecified atom stereocenters. The van der Waals surface area contributed by atoms with Gasteiger partial charge < -0.3 is 28.6 Å². The Labute approximate surface area is 165 Å². The van der Waals surface area contributed by atoms with Crippen molar-refractivity contribution in [1.82, 2.24) is 0 Å². The molecule has 29 heavy (non-hydrogen) atoms. The summed E-state index contributed by atoms with van der Waals surface area (Å²) in [5, 5.41) is -0.347. The quantitative estimate of drug-likeness (QED) is 0.325. The van der Waals surface area contributed by atoms with Crippen molar-refractivity contribution in [3.63, 3.8) is 0 Å². The predicted octanol–water partition coefficient (Wildman–Crippen LogP) is 2.59. The summed E-state index contributed by atoms with van der Waals surface area (Å²) in [4.78, 5) is 39.4. The van der Waals surface area contributed by atoms with Crippen LogP contribution in [0.5, 0.6) is 0 Å². The summed E-state index contributed by atoms with van der Waals surface area (Å²) in [6, 6.07) is 16.7. The van der Waals surface area contributed by atoms with Crippen LogP contribution in [0.3, 0.4) is 0 Å². The van der Waals surface area contributed by atoms with Crippen molar-refractivity contribution in [3.8, 4) is 11.1 Å². The molecule has 0 aliphatic heterocycles. The van der Waals surface area contributed by atoms with E-state index in [1.165, 1.54) is 10.8 Å². The number of hydrogen-bond acceptors (Lipinski definition) is 4. The summed E-state index contributed by atoms with van der Waals surface area (Å²) in [5.41, 5.74) is 2.79.